The molecule has 16 heavy (non-hydrogen) atoms. The summed E-state index contributed by atoms with van der Waals surface area (Å²) in [5.74, 6) is 0.698. The molecule has 1 atom stereocenters. The molecule has 1 aromatic rings. The maximum absolute atomic E-state index is 6.02. The minimum Gasteiger partial charge on any atom is -0.488 e. The quantitative estimate of drug-likeness (QED) is 0.640. The summed E-state index contributed by atoms with van der Waals surface area (Å²) >= 11 is 9.40. The van der Waals surface area contributed by atoms with E-state index in [0.29, 0.717) is 10.8 Å². The molecule has 1 N–H and O–H groups in total. The third-order valence-electron chi connectivity index (χ3n) is 1.94. The van der Waals surface area contributed by atoms with Crippen molar-refractivity contribution in [2.75, 3.05) is 13.1 Å². The normalized spacial score (nSPS) is 12.2. The molecular formula is C12H15BrClNO. The summed E-state index contributed by atoms with van der Waals surface area (Å²) < 4.78 is 6.67. The van der Waals surface area contributed by atoms with Crippen LogP contribution in [0.1, 0.15) is 6.92 Å². The van der Waals surface area contributed by atoms with Crippen molar-refractivity contribution < 1.29 is 4.74 Å². The van der Waals surface area contributed by atoms with E-state index in [0.717, 1.165) is 17.6 Å². The second kappa shape index (κ2) is 6.94. The van der Waals surface area contributed by atoms with E-state index >= 15 is 0 Å². The first-order valence-electron chi connectivity index (χ1n) is 5.07. The first-order chi connectivity index (χ1) is 7.63. The fraction of sp³-hybridized carbons (Fsp3) is 0.333. The third-order valence-corrected chi connectivity index (χ3v) is 2.75. The summed E-state index contributed by atoms with van der Waals surface area (Å²) in [5, 5.41) is 3.82. The van der Waals surface area contributed by atoms with Crippen molar-refractivity contribution in [3.63, 3.8) is 0 Å². The summed E-state index contributed by atoms with van der Waals surface area (Å²) in [6.45, 7) is 7.17. The Kier molecular flexibility index (Phi) is 5.88. The highest BCUT2D eigenvalue weighted by molar-refractivity contribution is 9.10. The van der Waals surface area contributed by atoms with E-state index in [1.54, 1.807) is 0 Å². The average molecular weight is 305 g/mol. The largest absolute Gasteiger partial charge is 0.488 e. The predicted octanol–water partition coefficient (Wildman–Crippen LogP) is 3.65. The average Bonchev–Trinajstić information content (AvgIpc) is 2.24. The molecule has 0 aromatic heterocycles. The minimum atomic E-state index is 0.0618. The lowest BCUT2D eigenvalue weighted by Gasteiger charge is -2.16. The molecule has 0 aliphatic carbocycles. The van der Waals surface area contributed by atoms with Gasteiger partial charge in [0.2, 0.25) is 0 Å². The molecule has 0 fully saturated rings. The van der Waals surface area contributed by atoms with Gasteiger partial charge in [0.25, 0.3) is 0 Å². The monoisotopic (exact) mass is 303 g/mol. The van der Waals surface area contributed by atoms with Crippen LogP contribution in [0.25, 0.3) is 0 Å². The van der Waals surface area contributed by atoms with Gasteiger partial charge in [0.05, 0.1) is 5.02 Å². The number of benzene rings is 1. The van der Waals surface area contributed by atoms with Gasteiger partial charge < -0.3 is 10.1 Å². The number of halogens is 2. The van der Waals surface area contributed by atoms with E-state index < -0.39 is 0 Å². The van der Waals surface area contributed by atoms with Crippen LogP contribution in [0.2, 0.25) is 5.02 Å². The molecule has 0 heterocycles. The van der Waals surface area contributed by atoms with Crippen molar-refractivity contribution in [2.24, 2.45) is 0 Å². The molecule has 1 aromatic carbocycles. The maximum atomic E-state index is 6.02. The molecule has 88 valence electrons. The van der Waals surface area contributed by atoms with E-state index in [1.165, 1.54) is 0 Å². The van der Waals surface area contributed by atoms with Crippen LogP contribution >= 0.6 is 27.5 Å². The van der Waals surface area contributed by atoms with E-state index in [-0.39, 0.29) is 6.10 Å². The van der Waals surface area contributed by atoms with E-state index in [4.69, 9.17) is 16.3 Å². The Morgan fingerprint density at radius 1 is 1.62 bits per heavy atom. The maximum Gasteiger partial charge on any atom is 0.139 e. The van der Waals surface area contributed by atoms with Crippen molar-refractivity contribution in [1.29, 1.82) is 0 Å². The summed E-state index contributed by atoms with van der Waals surface area (Å²) in [5.41, 5.74) is 0. The van der Waals surface area contributed by atoms with Gasteiger partial charge in [-0.25, -0.2) is 0 Å². The van der Waals surface area contributed by atoms with Gasteiger partial charge in [-0.2, -0.15) is 0 Å². The highest BCUT2D eigenvalue weighted by atomic mass is 79.9. The third kappa shape index (κ3) is 4.56. The van der Waals surface area contributed by atoms with Crippen LogP contribution in [0, 0.1) is 0 Å². The van der Waals surface area contributed by atoms with E-state index in [2.05, 4.69) is 27.8 Å². The van der Waals surface area contributed by atoms with Crippen molar-refractivity contribution in [1.82, 2.24) is 5.32 Å². The Hall–Kier alpha value is -0.510. The SMILES string of the molecule is C=CCNCC(C)Oc1cc(Br)ccc1Cl. The second-order valence-electron chi connectivity index (χ2n) is 3.45. The number of nitrogens with one attached hydrogen (secondary N) is 1. The molecule has 0 spiro atoms. The molecule has 0 saturated heterocycles. The van der Waals surface area contributed by atoms with Crippen LogP contribution in [-0.4, -0.2) is 19.2 Å². The highest BCUT2D eigenvalue weighted by Gasteiger charge is 2.07. The lowest BCUT2D eigenvalue weighted by atomic mass is 10.3. The first kappa shape index (κ1) is 13.6. The van der Waals surface area contributed by atoms with Gasteiger partial charge in [0, 0.05) is 17.6 Å². The predicted molar refractivity (Wildman–Crippen MR) is 72.3 cm³/mol. The Labute approximate surface area is 110 Å². The lowest BCUT2D eigenvalue weighted by Crippen LogP contribution is -2.29. The highest BCUT2D eigenvalue weighted by Crippen LogP contribution is 2.28. The Morgan fingerprint density at radius 2 is 2.38 bits per heavy atom. The first-order valence-corrected chi connectivity index (χ1v) is 6.24. The second-order valence-corrected chi connectivity index (χ2v) is 4.77. The van der Waals surface area contributed by atoms with Crippen LogP contribution in [-0.2, 0) is 0 Å². The van der Waals surface area contributed by atoms with E-state index in [9.17, 15) is 0 Å². The summed E-state index contributed by atoms with van der Waals surface area (Å²) in [7, 11) is 0. The molecule has 0 bridgehead atoms. The van der Waals surface area contributed by atoms with Gasteiger partial charge in [-0.15, -0.1) is 6.58 Å². The topological polar surface area (TPSA) is 21.3 Å². The summed E-state index contributed by atoms with van der Waals surface area (Å²) in [6.07, 6.45) is 1.88. The molecule has 0 aliphatic rings. The van der Waals surface area contributed by atoms with Gasteiger partial charge in [0.1, 0.15) is 11.9 Å². The van der Waals surface area contributed by atoms with Crippen LogP contribution in [0.5, 0.6) is 5.75 Å². The molecule has 4 heteroatoms. The van der Waals surface area contributed by atoms with Gasteiger partial charge in [-0.3, -0.25) is 0 Å². The molecule has 2 nitrogen and oxygen atoms in total. The van der Waals surface area contributed by atoms with E-state index in [1.807, 2.05) is 31.2 Å². The van der Waals surface area contributed by atoms with Crippen LogP contribution in [0.15, 0.2) is 35.3 Å². The summed E-state index contributed by atoms with van der Waals surface area (Å²) in [6, 6.07) is 5.56. The Balaban J connectivity index is 2.51. The molecule has 1 unspecified atom stereocenters. The van der Waals surface area contributed by atoms with Crippen LogP contribution in [0.3, 0.4) is 0 Å². The van der Waals surface area contributed by atoms with Gasteiger partial charge >= 0.3 is 0 Å². The zero-order chi connectivity index (χ0) is 12.0. The fourth-order valence-corrected chi connectivity index (χ4v) is 1.72. The number of hydrogen-bond donors (Lipinski definition) is 1. The Bertz CT molecular complexity index is 357. The summed E-state index contributed by atoms with van der Waals surface area (Å²) in [4.78, 5) is 0. The molecule has 0 aliphatic heterocycles. The fourth-order valence-electron chi connectivity index (χ4n) is 1.21. The van der Waals surface area contributed by atoms with Gasteiger partial charge in [0.15, 0.2) is 0 Å². The number of hydrogen-bond acceptors (Lipinski definition) is 2. The van der Waals surface area contributed by atoms with Crippen molar-refractivity contribution in [3.8, 4) is 5.75 Å². The van der Waals surface area contributed by atoms with Gasteiger partial charge in [-0.05, 0) is 25.1 Å². The molecular weight excluding hydrogens is 289 g/mol. The van der Waals surface area contributed by atoms with Crippen molar-refractivity contribution in [3.05, 3.63) is 40.3 Å². The van der Waals surface area contributed by atoms with Crippen molar-refractivity contribution >= 4 is 27.5 Å². The molecule has 0 radical (unpaired) electrons. The zero-order valence-electron chi connectivity index (χ0n) is 9.17. The Morgan fingerprint density at radius 3 is 3.06 bits per heavy atom. The smallest absolute Gasteiger partial charge is 0.139 e. The molecule has 1 rings (SSSR count). The number of rotatable bonds is 6. The van der Waals surface area contributed by atoms with Crippen LogP contribution < -0.4 is 10.1 Å². The standard InChI is InChI=1S/C12H15BrClNO/c1-3-6-15-8-9(2)16-12-7-10(13)4-5-11(12)14/h3-5,7,9,15H,1,6,8H2,2H3. The van der Waals surface area contributed by atoms with Crippen molar-refractivity contribution in [2.45, 2.75) is 13.0 Å². The lowest BCUT2D eigenvalue weighted by molar-refractivity contribution is 0.219. The minimum absolute atomic E-state index is 0.0618. The van der Waals surface area contributed by atoms with Crippen LogP contribution in [0.4, 0.5) is 0 Å². The zero-order valence-corrected chi connectivity index (χ0v) is 11.5. The molecule has 0 saturated carbocycles. The van der Waals surface area contributed by atoms with Gasteiger partial charge in [-0.1, -0.05) is 33.6 Å². The molecule has 0 amide bonds. The number of ether oxygens (including phenoxy) is 1.